The molecule has 4 rings (SSSR count). The molecule has 3 heteroatoms. The zero-order chi connectivity index (χ0) is 16.5. The summed E-state index contributed by atoms with van der Waals surface area (Å²) in [5.41, 5.74) is 2.63. The highest BCUT2D eigenvalue weighted by Gasteiger charge is 2.40. The number of nitrogens with zero attached hydrogens (tertiary/aromatic N) is 1. The third kappa shape index (κ3) is 2.75. The Kier molecular flexibility index (Phi) is 3.93. The quantitative estimate of drug-likeness (QED) is 0.807. The van der Waals surface area contributed by atoms with E-state index in [9.17, 15) is 9.59 Å². The molecule has 0 N–H and O–H groups in total. The number of carbonyl (C=O) groups is 2. The molecule has 0 spiro atoms. The van der Waals surface area contributed by atoms with Crippen LogP contribution in [0.25, 0.3) is 0 Å². The fourth-order valence-electron chi connectivity index (χ4n) is 4.09. The molecule has 2 aliphatic rings. The van der Waals surface area contributed by atoms with Crippen LogP contribution in [0.4, 0.5) is 0 Å². The summed E-state index contributed by atoms with van der Waals surface area (Å²) in [4.78, 5) is 26.6. The topological polar surface area (TPSA) is 37.4 Å². The van der Waals surface area contributed by atoms with Crippen molar-refractivity contribution in [1.82, 2.24) is 4.90 Å². The van der Waals surface area contributed by atoms with Crippen LogP contribution in [0.1, 0.15) is 47.2 Å². The van der Waals surface area contributed by atoms with E-state index in [1.54, 1.807) is 0 Å². The van der Waals surface area contributed by atoms with E-state index in [-0.39, 0.29) is 5.78 Å². The molecule has 0 aliphatic carbocycles. The molecule has 0 aromatic heterocycles. The SMILES string of the molecule is O=C(c1ccccc1)c1ccc(C[C@H]2CC[C@@H]3CCC(=O)N32)cc1. The van der Waals surface area contributed by atoms with Gasteiger partial charge in [-0.15, -0.1) is 0 Å². The molecule has 0 unspecified atom stereocenters. The maximum atomic E-state index is 12.4. The van der Waals surface area contributed by atoms with Gasteiger partial charge in [0.2, 0.25) is 5.91 Å². The highest BCUT2D eigenvalue weighted by molar-refractivity contribution is 6.08. The van der Waals surface area contributed by atoms with Crippen LogP contribution < -0.4 is 0 Å². The minimum Gasteiger partial charge on any atom is -0.336 e. The fourth-order valence-corrected chi connectivity index (χ4v) is 4.09. The third-order valence-corrected chi connectivity index (χ3v) is 5.32. The van der Waals surface area contributed by atoms with Gasteiger partial charge in [0.1, 0.15) is 0 Å². The first-order valence-electron chi connectivity index (χ1n) is 8.72. The lowest BCUT2D eigenvalue weighted by Gasteiger charge is -2.24. The van der Waals surface area contributed by atoms with Crippen molar-refractivity contribution in [1.29, 1.82) is 0 Å². The van der Waals surface area contributed by atoms with E-state index in [2.05, 4.69) is 4.90 Å². The molecule has 1 amide bonds. The Morgan fingerprint density at radius 2 is 1.62 bits per heavy atom. The summed E-state index contributed by atoms with van der Waals surface area (Å²) < 4.78 is 0. The summed E-state index contributed by atoms with van der Waals surface area (Å²) in [6.07, 6.45) is 4.87. The summed E-state index contributed by atoms with van der Waals surface area (Å²) in [6.45, 7) is 0. The van der Waals surface area contributed by atoms with Crippen LogP contribution in [0.3, 0.4) is 0 Å². The summed E-state index contributed by atoms with van der Waals surface area (Å²) in [7, 11) is 0. The van der Waals surface area contributed by atoms with Crippen molar-refractivity contribution in [3.05, 3.63) is 71.3 Å². The number of carbonyl (C=O) groups excluding carboxylic acids is 2. The van der Waals surface area contributed by atoms with Gasteiger partial charge in [0.05, 0.1) is 0 Å². The average molecular weight is 319 g/mol. The second kappa shape index (κ2) is 6.23. The minimum atomic E-state index is 0.0535. The van der Waals surface area contributed by atoms with E-state index in [0.29, 0.717) is 35.5 Å². The van der Waals surface area contributed by atoms with E-state index < -0.39 is 0 Å². The number of benzene rings is 2. The fraction of sp³-hybridized carbons (Fsp3) is 0.333. The predicted molar refractivity (Wildman–Crippen MR) is 92.9 cm³/mol. The number of ketones is 1. The van der Waals surface area contributed by atoms with E-state index in [1.807, 2.05) is 54.6 Å². The summed E-state index contributed by atoms with van der Waals surface area (Å²) >= 11 is 0. The van der Waals surface area contributed by atoms with Crippen molar-refractivity contribution < 1.29 is 9.59 Å². The third-order valence-electron chi connectivity index (χ3n) is 5.32. The Morgan fingerprint density at radius 3 is 2.38 bits per heavy atom. The maximum absolute atomic E-state index is 12.4. The second-order valence-electron chi connectivity index (χ2n) is 6.82. The number of hydrogen-bond acceptors (Lipinski definition) is 2. The Labute approximate surface area is 142 Å². The first-order valence-corrected chi connectivity index (χ1v) is 8.72. The van der Waals surface area contributed by atoms with Crippen molar-refractivity contribution in [3.63, 3.8) is 0 Å². The van der Waals surface area contributed by atoms with Gasteiger partial charge in [-0.25, -0.2) is 0 Å². The van der Waals surface area contributed by atoms with Crippen LogP contribution in [-0.4, -0.2) is 28.7 Å². The lowest BCUT2D eigenvalue weighted by molar-refractivity contribution is -0.129. The normalized spacial score (nSPS) is 22.7. The van der Waals surface area contributed by atoms with E-state index in [4.69, 9.17) is 0 Å². The lowest BCUT2D eigenvalue weighted by Crippen LogP contribution is -2.36. The lowest BCUT2D eigenvalue weighted by atomic mass is 9.98. The highest BCUT2D eigenvalue weighted by Crippen LogP contribution is 2.34. The average Bonchev–Trinajstić information content (AvgIpc) is 3.20. The van der Waals surface area contributed by atoms with Gasteiger partial charge in [0.25, 0.3) is 0 Å². The van der Waals surface area contributed by atoms with Gasteiger partial charge >= 0.3 is 0 Å². The Bertz CT molecular complexity index is 751. The van der Waals surface area contributed by atoms with Crippen molar-refractivity contribution in [2.75, 3.05) is 0 Å². The number of hydrogen-bond donors (Lipinski definition) is 0. The Balaban J connectivity index is 1.47. The first kappa shape index (κ1) is 15.1. The van der Waals surface area contributed by atoms with Gasteiger partial charge in [0, 0.05) is 29.6 Å². The van der Waals surface area contributed by atoms with Crippen LogP contribution in [-0.2, 0) is 11.2 Å². The van der Waals surface area contributed by atoms with Crippen molar-refractivity contribution in [2.45, 2.75) is 44.2 Å². The molecule has 3 nitrogen and oxygen atoms in total. The molecule has 0 bridgehead atoms. The zero-order valence-electron chi connectivity index (χ0n) is 13.7. The van der Waals surface area contributed by atoms with Crippen LogP contribution in [0.5, 0.6) is 0 Å². The van der Waals surface area contributed by atoms with Crippen LogP contribution in [0, 0.1) is 0 Å². The largest absolute Gasteiger partial charge is 0.336 e. The number of rotatable bonds is 4. The highest BCUT2D eigenvalue weighted by atomic mass is 16.2. The molecule has 2 aromatic carbocycles. The molecule has 0 radical (unpaired) electrons. The smallest absolute Gasteiger partial charge is 0.223 e. The Morgan fingerprint density at radius 1 is 0.917 bits per heavy atom. The van der Waals surface area contributed by atoms with Crippen molar-refractivity contribution in [3.8, 4) is 0 Å². The van der Waals surface area contributed by atoms with Gasteiger partial charge in [-0.2, -0.15) is 0 Å². The maximum Gasteiger partial charge on any atom is 0.223 e. The van der Waals surface area contributed by atoms with Crippen LogP contribution in [0.2, 0.25) is 0 Å². The molecule has 24 heavy (non-hydrogen) atoms. The van der Waals surface area contributed by atoms with Gasteiger partial charge < -0.3 is 4.90 Å². The van der Waals surface area contributed by atoms with Crippen molar-refractivity contribution in [2.24, 2.45) is 0 Å². The Hall–Kier alpha value is -2.42. The van der Waals surface area contributed by atoms with Crippen molar-refractivity contribution >= 4 is 11.7 Å². The number of amides is 1. The van der Waals surface area contributed by atoms with Crippen LogP contribution in [0.15, 0.2) is 54.6 Å². The first-order chi connectivity index (χ1) is 11.7. The molecule has 0 saturated carbocycles. The molecule has 2 saturated heterocycles. The summed E-state index contributed by atoms with van der Waals surface area (Å²) in [5.74, 6) is 0.371. The standard InChI is InChI=1S/C21H21NO2/c23-20-13-12-18-10-11-19(22(18)20)14-15-6-8-17(9-7-15)21(24)16-4-2-1-3-5-16/h1-9,18-19H,10-14H2/t18-,19-/m1/s1. The van der Waals surface area contributed by atoms with E-state index in [1.165, 1.54) is 5.56 Å². The predicted octanol–water partition coefficient (Wildman–Crippen LogP) is 3.61. The van der Waals surface area contributed by atoms with E-state index in [0.717, 1.165) is 25.7 Å². The van der Waals surface area contributed by atoms with Gasteiger partial charge in [-0.1, -0.05) is 54.6 Å². The molecule has 2 heterocycles. The molecule has 2 fully saturated rings. The molecule has 2 atom stereocenters. The molecular weight excluding hydrogens is 298 g/mol. The molecular formula is C21H21NO2. The van der Waals surface area contributed by atoms with Gasteiger partial charge in [0.15, 0.2) is 5.78 Å². The number of fused-ring (bicyclic) bond motifs is 1. The monoisotopic (exact) mass is 319 g/mol. The molecule has 122 valence electrons. The molecule has 2 aliphatic heterocycles. The molecule has 2 aromatic rings. The minimum absolute atomic E-state index is 0.0535. The summed E-state index contributed by atoms with van der Waals surface area (Å²) in [6, 6.07) is 18.0. The van der Waals surface area contributed by atoms with Gasteiger partial charge in [-0.05, 0) is 31.2 Å². The zero-order valence-corrected chi connectivity index (χ0v) is 13.7. The van der Waals surface area contributed by atoms with Crippen LogP contribution >= 0.6 is 0 Å². The van der Waals surface area contributed by atoms with Gasteiger partial charge in [-0.3, -0.25) is 9.59 Å². The second-order valence-corrected chi connectivity index (χ2v) is 6.82. The van der Waals surface area contributed by atoms with E-state index >= 15 is 0 Å². The summed E-state index contributed by atoms with van der Waals surface area (Å²) in [5, 5.41) is 0.